The van der Waals surface area contributed by atoms with Crippen molar-refractivity contribution in [3.8, 4) is 11.5 Å². The van der Waals surface area contributed by atoms with E-state index >= 15 is 0 Å². The van der Waals surface area contributed by atoms with E-state index in [0.717, 1.165) is 6.07 Å². The van der Waals surface area contributed by atoms with E-state index in [0.29, 0.717) is 6.29 Å². The molecule has 1 aromatic carbocycles. The minimum atomic E-state index is -0.694. The van der Waals surface area contributed by atoms with Crippen LogP contribution >= 0.6 is 11.6 Å². The molecule has 0 aliphatic heterocycles. The van der Waals surface area contributed by atoms with Crippen LogP contribution in [0.5, 0.6) is 11.5 Å². The monoisotopic (exact) mass is 218 g/mol. The van der Waals surface area contributed by atoms with Crippen molar-refractivity contribution in [2.75, 3.05) is 14.2 Å². The lowest BCUT2D eigenvalue weighted by molar-refractivity contribution is 0.112. The smallest absolute Gasteiger partial charge is 0.176 e. The van der Waals surface area contributed by atoms with E-state index in [1.165, 1.54) is 14.2 Å². The third-order valence-corrected chi connectivity index (χ3v) is 2.04. The fourth-order valence-corrected chi connectivity index (χ4v) is 1.44. The molecule has 0 radical (unpaired) electrons. The van der Waals surface area contributed by atoms with E-state index in [-0.39, 0.29) is 22.1 Å². The normalized spacial score (nSPS) is 9.71. The Bertz CT molecular complexity index is 366. The number of carbonyl (C=O) groups is 1. The summed E-state index contributed by atoms with van der Waals surface area (Å²) in [5.41, 5.74) is 0.0517. The molecule has 0 saturated heterocycles. The topological polar surface area (TPSA) is 35.5 Å². The van der Waals surface area contributed by atoms with Crippen LogP contribution in [0, 0.1) is 5.82 Å². The molecule has 0 heterocycles. The zero-order chi connectivity index (χ0) is 10.7. The summed E-state index contributed by atoms with van der Waals surface area (Å²) in [7, 11) is 2.62. The molecule has 0 saturated carbocycles. The average molecular weight is 219 g/mol. The molecule has 5 heteroatoms. The Morgan fingerprint density at radius 1 is 1.36 bits per heavy atom. The van der Waals surface area contributed by atoms with Gasteiger partial charge < -0.3 is 9.47 Å². The molecule has 0 aliphatic carbocycles. The van der Waals surface area contributed by atoms with Crippen molar-refractivity contribution >= 4 is 17.9 Å². The maximum absolute atomic E-state index is 13.2. The molecule has 0 spiro atoms. The first-order chi connectivity index (χ1) is 6.65. The van der Waals surface area contributed by atoms with Crippen LogP contribution in [-0.4, -0.2) is 20.5 Å². The van der Waals surface area contributed by atoms with Gasteiger partial charge in [0.05, 0.1) is 19.8 Å². The minimum absolute atomic E-state index is 0.0444. The molecule has 3 nitrogen and oxygen atoms in total. The van der Waals surface area contributed by atoms with E-state index in [9.17, 15) is 9.18 Å². The van der Waals surface area contributed by atoms with Crippen LogP contribution in [0.2, 0.25) is 5.02 Å². The Balaban J connectivity index is 3.46. The van der Waals surface area contributed by atoms with Crippen molar-refractivity contribution in [3.05, 3.63) is 22.5 Å². The van der Waals surface area contributed by atoms with Crippen LogP contribution in [0.3, 0.4) is 0 Å². The van der Waals surface area contributed by atoms with E-state index in [2.05, 4.69) is 0 Å². The molecule has 1 aromatic rings. The van der Waals surface area contributed by atoms with Crippen LogP contribution in [0.1, 0.15) is 10.4 Å². The molecule has 0 N–H and O–H groups in total. The van der Waals surface area contributed by atoms with Crippen LogP contribution < -0.4 is 9.47 Å². The predicted molar refractivity (Wildman–Crippen MR) is 49.9 cm³/mol. The van der Waals surface area contributed by atoms with Gasteiger partial charge in [0.25, 0.3) is 0 Å². The van der Waals surface area contributed by atoms with E-state index in [1.807, 2.05) is 0 Å². The Kier molecular flexibility index (Phi) is 3.30. The van der Waals surface area contributed by atoms with Crippen molar-refractivity contribution in [3.63, 3.8) is 0 Å². The summed E-state index contributed by atoms with van der Waals surface area (Å²) in [5.74, 6) is -0.713. The lowest BCUT2D eigenvalue weighted by Crippen LogP contribution is -1.97. The molecule has 0 atom stereocenters. The van der Waals surface area contributed by atoms with Gasteiger partial charge in [0.2, 0.25) is 0 Å². The highest BCUT2D eigenvalue weighted by Crippen LogP contribution is 2.38. The van der Waals surface area contributed by atoms with Crippen molar-refractivity contribution < 1.29 is 18.7 Å². The Hall–Kier alpha value is -1.29. The number of ether oxygens (including phenoxy) is 2. The molecule has 14 heavy (non-hydrogen) atoms. The highest BCUT2D eigenvalue weighted by Gasteiger charge is 2.17. The largest absolute Gasteiger partial charge is 0.494 e. The summed E-state index contributed by atoms with van der Waals surface area (Å²) in [6, 6.07) is 1.01. The standard InChI is InChI=1S/C9H8ClFO3/c1-13-8-5(4-12)3-6(11)9(14-2)7(8)10/h3-4H,1-2H3. The second-order valence-corrected chi connectivity index (χ2v) is 2.82. The fraction of sp³-hybridized carbons (Fsp3) is 0.222. The number of carbonyl (C=O) groups excluding carboxylic acids is 1. The minimum Gasteiger partial charge on any atom is -0.494 e. The Morgan fingerprint density at radius 3 is 2.36 bits per heavy atom. The summed E-state index contributed by atoms with van der Waals surface area (Å²) in [4.78, 5) is 10.5. The second kappa shape index (κ2) is 4.28. The molecule has 76 valence electrons. The lowest BCUT2D eigenvalue weighted by Gasteiger charge is -2.10. The summed E-state index contributed by atoms with van der Waals surface area (Å²) in [5, 5.41) is -0.0444. The number of hydrogen-bond acceptors (Lipinski definition) is 3. The maximum atomic E-state index is 13.2. The Labute approximate surface area is 85.4 Å². The summed E-state index contributed by atoms with van der Waals surface area (Å²) in [6.07, 6.45) is 0.466. The molecule has 0 unspecified atom stereocenters. The van der Waals surface area contributed by atoms with E-state index < -0.39 is 5.82 Å². The fourth-order valence-electron chi connectivity index (χ4n) is 1.08. The molecular formula is C9H8ClFO3. The molecule has 1 rings (SSSR count). The van der Waals surface area contributed by atoms with Gasteiger partial charge in [-0.1, -0.05) is 11.6 Å². The maximum Gasteiger partial charge on any atom is 0.176 e. The number of aldehydes is 1. The second-order valence-electron chi connectivity index (χ2n) is 2.45. The van der Waals surface area contributed by atoms with Gasteiger partial charge in [-0.05, 0) is 6.07 Å². The summed E-state index contributed by atoms with van der Waals surface area (Å²) in [6.45, 7) is 0. The number of benzene rings is 1. The highest BCUT2D eigenvalue weighted by molar-refractivity contribution is 6.34. The van der Waals surface area contributed by atoms with Gasteiger partial charge in [-0.15, -0.1) is 0 Å². The van der Waals surface area contributed by atoms with Crippen molar-refractivity contribution in [1.82, 2.24) is 0 Å². The first kappa shape index (κ1) is 10.8. The SMILES string of the molecule is COc1c(F)cc(C=O)c(OC)c1Cl. The van der Waals surface area contributed by atoms with Crippen LogP contribution in [-0.2, 0) is 0 Å². The van der Waals surface area contributed by atoms with Crippen molar-refractivity contribution in [2.45, 2.75) is 0 Å². The molecule has 0 fully saturated rings. The van der Waals surface area contributed by atoms with Gasteiger partial charge in [-0.2, -0.15) is 0 Å². The summed E-state index contributed by atoms with van der Waals surface area (Å²) >= 11 is 5.75. The zero-order valence-corrected chi connectivity index (χ0v) is 8.39. The van der Waals surface area contributed by atoms with Crippen LogP contribution in [0.25, 0.3) is 0 Å². The predicted octanol–water partition coefficient (Wildman–Crippen LogP) is 2.31. The average Bonchev–Trinajstić information content (AvgIpc) is 2.17. The zero-order valence-electron chi connectivity index (χ0n) is 7.64. The van der Waals surface area contributed by atoms with Gasteiger partial charge in [0, 0.05) is 0 Å². The van der Waals surface area contributed by atoms with Gasteiger partial charge in [-0.3, -0.25) is 4.79 Å². The quantitative estimate of drug-likeness (QED) is 0.731. The van der Waals surface area contributed by atoms with Crippen LogP contribution in [0.4, 0.5) is 4.39 Å². The highest BCUT2D eigenvalue weighted by atomic mass is 35.5. The van der Waals surface area contributed by atoms with E-state index in [1.54, 1.807) is 0 Å². The van der Waals surface area contributed by atoms with Gasteiger partial charge in [0.1, 0.15) is 5.02 Å². The van der Waals surface area contributed by atoms with Crippen molar-refractivity contribution in [2.24, 2.45) is 0 Å². The third kappa shape index (κ3) is 1.65. The lowest BCUT2D eigenvalue weighted by atomic mass is 10.2. The first-order valence-corrected chi connectivity index (χ1v) is 4.08. The number of hydrogen-bond donors (Lipinski definition) is 0. The molecule has 0 aromatic heterocycles. The number of halogens is 2. The van der Waals surface area contributed by atoms with Gasteiger partial charge in [-0.25, -0.2) is 4.39 Å². The molecular weight excluding hydrogens is 211 g/mol. The summed E-state index contributed by atoms with van der Waals surface area (Å²) < 4.78 is 22.8. The third-order valence-electron chi connectivity index (χ3n) is 1.70. The van der Waals surface area contributed by atoms with Crippen molar-refractivity contribution in [1.29, 1.82) is 0 Å². The molecule has 0 amide bonds. The number of rotatable bonds is 3. The van der Waals surface area contributed by atoms with Gasteiger partial charge >= 0.3 is 0 Å². The molecule has 0 aliphatic rings. The van der Waals surface area contributed by atoms with E-state index in [4.69, 9.17) is 21.1 Å². The van der Waals surface area contributed by atoms with Gasteiger partial charge in [0.15, 0.2) is 23.6 Å². The molecule has 0 bridgehead atoms. The van der Waals surface area contributed by atoms with Crippen LogP contribution in [0.15, 0.2) is 6.07 Å². The number of methoxy groups -OCH3 is 2. The Morgan fingerprint density at radius 2 is 1.93 bits per heavy atom. The first-order valence-electron chi connectivity index (χ1n) is 3.70.